The van der Waals surface area contributed by atoms with Gasteiger partial charge in [-0.25, -0.2) is 0 Å². The molecule has 38 heavy (non-hydrogen) atoms. The molecule has 2 aromatic carbocycles. The van der Waals surface area contributed by atoms with Gasteiger partial charge in [0.25, 0.3) is 5.91 Å². The van der Waals surface area contributed by atoms with Crippen LogP contribution in [0.3, 0.4) is 0 Å². The maximum Gasteiger partial charge on any atom is 0.255 e. The quantitative estimate of drug-likeness (QED) is 0.338. The molecule has 1 aliphatic heterocycles. The highest BCUT2D eigenvalue weighted by Gasteiger charge is 2.37. The molecule has 9 nitrogen and oxygen atoms in total. The van der Waals surface area contributed by atoms with Crippen LogP contribution in [-0.2, 0) is 34.1 Å². The number of rotatable bonds is 16. The molecular weight excluding hydrogens is 484 g/mol. The molecule has 9 heteroatoms. The molecule has 2 aromatic rings. The van der Waals surface area contributed by atoms with Crippen molar-refractivity contribution in [3.05, 3.63) is 64.7 Å². The van der Waals surface area contributed by atoms with Crippen LogP contribution in [0.15, 0.2) is 42.5 Å². The number of hydrogen-bond donors (Lipinski definition) is 1. The lowest BCUT2D eigenvalue weighted by molar-refractivity contribution is -0.125. The smallest absolute Gasteiger partial charge is 0.255 e. The summed E-state index contributed by atoms with van der Waals surface area (Å²) in [4.78, 5) is 53.4. The zero-order valence-electron chi connectivity index (χ0n) is 22.5. The van der Waals surface area contributed by atoms with Gasteiger partial charge >= 0.3 is 0 Å². The lowest BCUT2D eigenvalue weighted by Gasteiger charge is -2.25. The van der Waals surface area contributed by atoms with E-state index in [-0.39, 0.29) is 31.2 Å². The van der Waals surface area contributed by atoms with Gasteiger partial charge in [-0.2, -0.15) is 0 Å². The van der Waals surface area contributed by atoms with Crippen molar-refractivity contribution in [2.75, 3.05) is 40.3 Å². The van der Waals surface area contributed by atoms with Gasteiger partial charge in [0.1, 0.15) is 31.0 Å². The van der Waals surface area contributed by atoms with Crippen molar-refractivity contribution in [1.82, 2.24) is 20.0 Å². The number of carbonyl (C=O) groups is 4. The molecule has 0 bridgehead atoms. The molecule has 1 atom stereocenters. The molecule has 1 unspecified atom stereocenters. The van der Waals surface area contributed by atoms with Gasteiger partial charge in [-0.3, -0.25) is 14.5 Å². The van der Waals surface area contributed by atoms with Crippen LogP contribution in [0.1, 0.15) is 46.8 Å². The maximum absolute atomic E-state index is 13.1. The van der Waals surface area contributed by atoms with E-state index in [0.717, 1.165) is 48.9 Å². The van der Waals surface area contributed by atoms with Crippen molar-refractivity contribution in [2.24, 2.45) is 0 Å². The van der Waals surface area contributed by atoms with E-state index < -0.39 is 6.04 Å². The van der Waals surface area contributed by atoms with Crippen molar-refractivity contribution < 1.29 is 23.9 Å². The van der Waals surface area contributed by atoms with Crippen molar-refractivity contribution >= 4 is 24.4 Å². The van der Waals surface area contributed by atoms with E-state index in [9.17, 15) is 19.2 Å². The van der Waals surface area contributed by atoms with Crippen molar-refractivity contribution in [3.8, 4) is 5.75 Å². The molecule has 204 valence electrons. The summed E-state index contributed by atoms with van der Waals surface area (Å²) >= 11 is 0. The molecule has 2 amide bonds. The first-order chi connectivity index (χ1) is 18.4. The van der Waals surface area contributed by atoms with E-state index in [1.165, 1.54) is 11.9 Å². The molecule has 1 aliphatic rings. The second-order valence-corrected chi connectivity index (χ2v) is 9.49. The highest BCUT2D eigenvalue weighted by molar-refractivity contribution is 6.01. The fourth-order valence-electron chi connectivity index (χ4n) is 4.50. The fourth-order valence-corrected chi connectivity index (χ4v) is 4.50. The Kier molecular flexibility index (Phi) is 11.0. The van der Waals surface area contributed by atoms with Crippen LogP contribution >= 0.6 is 0 Å². The molecular formula is C29H38N4O5. The Morgan fingerprint density at radius 2 is 1.84 bits per heavy atom. The molecule has 0 spiro atoms. The highest BCUT2D eigenvalue weighted by Crippen LogP contribution is 2.33. The molecule has 0 radical (unpaired) electrons. The third-order valence-corrected chi connectivity index (χ3v) is 6.93. The number of nitrogens with zero attached hydrogens (tertiary/aromatic N) is 3. The second-order valence-electron chi connectivity index (χ2n) is 9.49. The van der Waals surface area contributed by atoms with E-state index in [1.54, 1.807) is 12.1 Å². The Balaban J connectivity index is 1.64. The maximum atomic E-state index is 13.1. The third kappa shape index (κ3) is 7.49. The topological polar surface area (TPSA) is 99.3 Å². The predicted octanol–water partition coefficient (Wildman–Crippen LogP) is 2.27. The minimum absolute atomic E-state index is 0.195. The van der Waals surface area contributed by atoms with E-state index in [2.05, 4.69) is 29.1 Å². The number of amides is 2. The van der Waals surface area contributed by atoms with E-state index in [4.69, 9.17) is 4.74 Å². The van der Waals surface area contributed by atoms with E-state index >= 15 is 0 Å². The Morgan fingerprint density at radius 3 is 2.50 bits per heavy atom. The number of ether oxygens (including phenoxy) is 1. The minimum Gasteiger partial charge on any atom is -0.489 e. The lowest BCUT2D eigenvalue weighted by atomic mass is 10.1. The summed E-state index contributed by atoms with van der Waals surface area (Å²) in [7, 11) is 3.59. The summed E-state index contributed by atoms with van der Waals surface area (Å²) in [6.45, 7) is 6.46. The Labute approximate surface area is 224 Å². The van der Waals surface area contributed by atoms with Crippen LogP contribution in [0.25, 0.3) is 0 Å². The SMILES string of the molecule is CCN(C)CCN(CC=O)Cc1ccc(COc2cccc3c2CN(C(CCC=O)C(=O)NC)C3=O)cc1. The molecule has 0 saturated heterocycles. The number of carbonyl (C=O) groups excluding carboxylic acids is 4. The molecule has 1 heterocycles. The Morgan fingerprint density at radius 1 is 1.11 bits per heavy atom. The summed E-state index contributed by atoms with van der Waals surface area (Å²) in [6.07, 6.45) is 2.16. The summed E-state index contributed by atoms with van der Waals surface area (Å²) in [5.41, 5.74) is 3.36. The average Bonchev–Trinajstić information content (AvgIpc) is 3.27. The number of benzene rings is 2. The molecule has 0 aliphatic carbocycles. The second kappa shape index (κ2) is 14.4. The molecule has 0 aromatic heterocycles. The van der Waals surface area contributed by atoms with E-state index in [1.807, 2.05) is 30.3 Å². The predicted molar refractivity (Wildman–Crippen MR) is 145 cm³/mol. The van der Waals surface area contributed by atoms with Gasteiger partial charge in [-0.15, -0.1) is 0 Å². The third-order valence-electron chi connectivity index (χ3n) is 6.93. The monoisotopic (exact) mass is 522 g/mol. The van der Waals surface area contributed by atoms with Gasteiger partial charge < -0.3 is 29.4 Å². The minimum atomic E-state index is -0.716. The first-order valence-corrected chi connectivity index (χ1v) is 13.0. The van der Waals surface area contributed by atoms with Crippen LogP contribution in [0.4, 0.5) is 0 Å². The summed E-state index contributed by atoms with van der Waals surface area (Å²) in [6, 6.07) is 12.7. The fraction of sp³-hybridized carbons (Fsp3) is 0.448. The summed E-state index contributed by atoms with van der Waals surface area (Å²) < 4.78 is 6.12. The van der Waals surface area contributed by atoms with Gasteiger partial charge in [0, 0.05) is 44.2 Å². The van der Waals surface area contributed by atoms with Gasteiger partial charge in [-0.05, 0) is 43.3 Å². The van der Waals surface area contributed by atoms with Crippen molar-refractivity contribution in [2.45, 2.75) is 45.5 Å². The van der Waals surface area contributed by atoms with Gasteiger partial charge in [0.15, 0.2) is 0 Å². The zero-order chi connectivity index (χ0) is 27.5. The average molecular weight is 523 g/mol. The standard InChI is InChI=1S/C29H38N4O5/c1-4-31(3)14-15-32(16-18-35)19-22-10-12-23(13-11-22)21-38-27-9-5-7-24-25(27)20-33(29(24)37)26(8-6-17-34)28(36)30-2/h5,7,9-13,17-18,26H,4,6,8,14-16,19-21H2,1-3H3,(H,30,36). The first-order valence-electron chi connectivity index (χ1n) is 13.0. The number of likely N-dealkylation sites (N-methyl/N-ethyl adjacent to an activating group) is 2. The van der Waals surface area contributed by atoms with Gasteiger partial charge in [0.05, 0.1) is 13.1 Å². The molecule has 3 rings (SSSR count). The summed E-state index contributed by atoms with van der Waals surface area (Å²) in [5.74, 6) is 0.0737. The van der Waals surface area contributed by atoms with Crippen LogP contribution in [0.2, 0.25) is 0 Å². The largest absolute Gasteiger partial charge is 0.489 e. The highest BCUT2D eigenvalue weighted by atomic mass is 16.5. The molecule has 1 N–H and O–H groups in total. The van der Waals surface area contributed by atoms with Crippen LogP contribution in [0, 0.1) is 0 Å². The zero-order valence-corrected chi connectivity index (χ0v) is 22.5. The van der Waals surface area contributed by atoms with Crippen LogP contribution in [-0.4, -0.2) is 85.4 Å². The lowest BCUT2D eigenvalue weighted by Crippen LogP contribution is -2.46. The first kappa shape index (κ1) is 29.0. The number of aldehydes is 2. The Bertz CT molecular complexity index is 1100. The number of nitrogens with one attached hydrogen (secondary N) is 1. The van der Waals surface area contributed by atoms with Crippen LogP contribution < -0.4 is 10.1 Å². The van der Waals surface area contributed by atoms with Crippen molar-refractivity contribution in [1.29, 1.82) is 0 Å². The van der Waals surface area contributed by atoms with Crippen molar-refractivity contribution in [3.63, 3.8) is 0 Å². The number of fused-ring (bicyclic) bond motifs is 1. The Hall–Kier alpha value is -3.56. The normalized spacial score (nSPS) is 13.5. The van der Waals surface area contributed by atoms with Gasteiger partial charge in [0.2, 0.25) is 5.91 Å². The molecule has 0 fully saturated rings. The number of hydrogen-bond acceptors (Lipinski definition) is 7. The van der Waals surface area contributed by atoms with Crippen LogP contribution in [0.5, 0.6) is 5.75 Å². The van der Waals surface area contributed by atoms with E-state index in [0.29, 0.717) is 31.0 Å². The molecule has 0 saturated carbocycles. The van der Waals surface area contributed by atoms with Gasteiger partial charge in [-0.1, -0.05) is 37.3 Å². The summed E-state index contributed by atoms with van der Waals surface area (Å²) in [5, 5.41) is 2.59.